The molecular formula is C19H25F2N3O3. The largest absolute Gasteiger partial charge is 0.480 e. The Bertz CT molecular complexity index is 698. The molecule has 148 valence electrons. The third kappa shape index (κ3) is 5.38. The smallest absolute Gasteiger partial charge is 0.319 e. The Morgan fingerprint density at radius 3 is 2.52 bits per heavy atom. The molecule has 2 amide bonds. The number of halogens is 2. The lowest BCUT2D eigenvalue weighted by Gasteiger charge is -2.42. The number of carbonyl (C=O) groups is 2. The number of hydrogen-bond acceptors (Lipinski definition) is 3. The van der Waals surface area contributed by atoms with E-state index < -0.39 is 17.9 Å². The molecule has 0 aromatic heterocycles. The number of carboxylic acids is 1. The number of carboxylic acid groups (broad SMARTS) is 1. The highest BCUT2D eigenvalue weighted by Crippen LogP contribution is 2.34. The Hall–Kier alpha value is -2.22. The summed E-state index contributed by atoms with van der Waals surface area (Å²) in [6, 6.07) is 5.35. The van der Waals surface area contributed by atoms with Crippen LogP contribution in [0.3, 0.4) is 0 Å². The molecular weight excluding hydrogens is 356 g/mol. The highest BCUT2D eigenvalue weighted by Gasteiger charge is 2.38. The Morgan fingerprint density at radius 1 is 1.26 bits per heavy atom. The summed E-state index contributed by atoms with van der Waals surface area (Å²) in [6.07, 6.45) is 3.63. The first-order valence-corrected chi connectivity index (χ1v) is 9.23. The fourth-order valence-electron chi connectivity index (χ4n) is 3.47. The molecule has 0 radical (unpaired) electrons. The van der Waals surface area contributed by atoms with Gasteiger partial charge in [-0.05, 0) is 37.7 Å². The summed E-state index contributed by atoms with van der Waals surface area (Å²) in [5.74, 6) is -3.31. The van der Waals surface area contributed by atoms with Crippen molar-refractivity contribution >= 4 is 17.7 Å². The summed E-state index contributed by atoms with van der Waals surface area (Å²) < 4.78 is 27.3. The number of carbonyl (C=O) groups excluding carboxylic acids is 1. The van der Waals surface area contributed by atoms with E-state index in [1.807, 2.05) is 4.90 Å². The quantitative estimate of drug-likeness (QED) is 0.646. The van der Waals surface area contributed by atoms with Crippen molar-refractivity contribution in [1.82, 2.24) is 10.2 Å². The first kappa shape index (κ1) is 19.5. The summed E-state index contributed by atoms with van der Waals surface area (Å²) in [5.41, 5.74) is -0.150. The van der Waals surface area contributed by atoms with Gasteiger partial charge in [-0.3, -0.25) is 9.69 Å². The van der Waals surface area contributed by atoms with E-state index in [-0.39, 0.29) is 29.9 Å². The number of para-hydroxylation sites is 1. The molecule has 0 bridgehead atoms. The fourth-order valence-corrected chi connectivity index (χ4v) is 3.47. The molecule has 2 aliphatic carbocycles. The van der Waals surface area contributed by atoms with Crippen LogP contribution in [0.5, 0.6) is 0 Å². The van der Waals surface area contributed by atoms with Gasteiger partial charge in [0.25, 0.3) is 5.92 Å². The number of anilines is 1. The van der Waals surface area contributed by atoms with Gasteiger partial charge < -0.3 is 15.7 Å². The minimum Gasteiger partial charge on any atom is -0.480 e. The van der Waals surface area contributed by atoms with E-state index in [0.29, 0.717) is 18.8 Å². The number of amides is 2. The number of urea groups is 1. The molecule has 0 unspecified atom stereocenters. The Kier molecular flexibility index (Phi) is 5.64. The number of aliphatic carboxylic acids is 1. The van der Waals surface area contributed by atoms with Crippen LogP contribution in [0.4, 0.5) is 19.3 Å². The third-order valence-corrected chi connectivity index (χ3v) is 5.14. The van der Waals surface area contributed by atoms with Crippen molar-refractivity contribution in [3.8, 4) is 0 Å². The lowest BCUT2D eigenvalue weighted by atomic mass is 9.85. The highest BCUT2D eigenvalue weighted by atomic mass is 19.3. The number of alkyl halides is 2. The zero-order chi connectivity index (χ0) is 19.6. The summed E-state index contributed by atoms with van der Waals surface area (Å²) in [4.78, 5) is 25.2. The van der Waals surface area contributed by atoms with Crippen LogP contribution in [0.15, 0.2) is 24.3 Å². The van der Waals surface area contributed by atoms with Crippen LogP contribution in [0.1, 0.15) is 38.2 Å². The average molecular weight is 381 g/mol. The van der Waals surface area contributed by atoms with Crippen LogP contribution in [-0.4, -0.2) is 47.2 Å². The molecule has 0 atom stereocenters. The summed E-state index contributed by atoms with van der Waals surface area (Å²) in [6.45, 7) is 1.59. The van der Waals surface area contributed by atoms with Gasteiger partial charge in [-0.15, -0.1) is 0 Å². The standard InChI is InChI=1S/C19H25F2N3O3/c1-19(20,21)15-4-2-3-5-16(15)23-18(27)22-13-8-14(9-13)24(11-17(25)26)10-12-6-7-12/h2-5,12-14H,6-11H2,1H3,(H,25,26)(H2,22,23,27). The van der Waals surface area contributed by atoms with Crippen molar-refractivity contribution in [3.63, 3.8) is 0 Å². The second-order valence-electron chi connectivity index (χ2n) is 7.62. The van der Waals surface area contributed by atoms with Gasteiger partial charge in [0.2, 0.25) is 0 Å². The lowest BCUT2D eigenvalue weighted by Crippen LogP contribution is -2.55. The predicted molar refractivity (Wildman–Crippen MR) is 96.9 cm³/mol. The van der Waals surface area contributed by atoms with Crippen LogP contribution in [0.25, 0.3) is 0 Å². The maximum absolute atomic E-state index is 13.6. The molecule has 2 fully saturated rings. The lowest BCUT2D eigenvalue weighted by molar-refractivity contribution is -0.139. The van der Waals surface area contributed by atoms with Gasteiger partial charge in [-0.25, -0.2) is 13.6 Å². The molecule has 1 aromatic carbocycles. The third-order valence-electron chi connectivity index (χ3n) is 5.14. The second-order valence-corrected chi connectivity index (χ2v) is 7.62. The maximum atomic E-state index is 13.6. The van der Waals surface area contributed by atoms with Gasteiger partial charge in [0.05, 0.1) is 12.2 Å². The molecule has 3 N–H and O–H groups in total. The average Bonchev–Trinajstić information content (AvgIpc) is 3.33. The summed E-state index contributed by atoms with van der Waals surface area (Å²) in [5, 5.41) is 14.3. The predicted octanol–water partition coefficient (Wildman–Crippen LogP) is 3.25. The van der Waals surface area contributed by atoms with Crippen LogP contribution in [0, 0.1) is 5.92 Å². The molecule has 2 saturated carbocycles. The Balaban J connectivity index is 1.50. The van der Waals surface area contributed by atoms with Gasteiger partial charge in [0.1, 0.15) is 0 Å². The molecule has 27 heavy (non-hydrogen) atoms. The van der Waals surface area contributed by atoms with Gasteiger partial charge in [0.15, 0.2) is 0 Å². The van der Waals surface area contributed by atoms with Crippen LogP contribution < -0.4 is 10.6 Å². The van der Waals surface area contributed by atoms with E-state index in [4.69, 9.17) is 5.11 Å². The molecule has 3 rings (SSSR count). The van der Waals surface area contributed by atoms with E-state index >= 15 is 0 Å². The monoisotopic (exact) mass is 381 g/mol. The minimum absolute atomic E-state index is 0.0129. The highest BCUT2D eigenvalue weighted by molar-refractivity contribution is 5.90. The van der Waals surface area contributed by atoms with E-state index in [0.717, 1.165) is 26.3 Å². The molecule has 0 spiro atoms. The van der Waals surface area contributed by atoms with Gasteiger partial charge in [-0.1, -0.05) is 18.2 Å². The summed E-state index contributed by atoms with van der Waals surface area (Å²) >= 11 is 0. The van der Waals surface area contributed by atoms with Crippen molar-refractivity contribution in [3.05, 3.63) is 29.8 Å². The molecule has 8 heteroatoms. The van der Waals surface area contributed by atoms with Crippen molar-refractivity contribution in [2.24, 2.45) is 5.92 Å². The molecule has 0 saturated heterocycles. The minimum atomic E-state index is -3.05. The SMILES string of the molecule is CC(F)(F)c1ccccc1NC(=O)NC1CC(N(CC(=O)O)CC2CC2)C1. The second kappa shape index (κ2) is 7.80. The number of nitrogens with zero attached hydrogens (tertiary/aromatic N) is 1. The van der Waals surface area contributed by atoms with Gasteiger partial charge in [-0.2, -0.15) is 0 Å². The summed E-state index contributed by atoms with van der Waals surface area (Å²) in [7, 11) is 0. The zero-order valence-electron chi connectivity index (χ0n) is 15.3. The van der Waals surface area contributed by atoms with Crippen molar-refractivity contribution < 1.29 is 23.5 Å². The van der Waals surface area contributed by atoms with E-state index in [2.05, 4.69) is 10.6 Å². The van der Waals surface area contributed by atoms with Crippen molar-refractivity contribution in [1.29, 1.82) is 0 Å². The van der Waals surface area contributed by atoms with Crippen molar-refractivity contribution in [2.45, 2.75) is 50.6 Å². The molecule has 2 aliphatic rings. The number of benzene rings is 1. The first-order chi connectivity index (χ1) is 12.7. The number of rotatable bonds is 8. The number of nitrogens with one attached hydrogen (secondary N) is 2. The molecule has 6 nitrogen and oxygen atoms in total. The molecule has 0 heterocycles. The van der Waals surface area contributed by atoms with Crippen LogP contribution in [0.2, 0.25) is 0 Å². The van der Waals surface area contributed by atoms with E-state index in [9.17, 15) is 18.4 Å². The van der Waals surface area contributed by atoms with Gasteiger partial charge in [0, 0.05) is 31.1 Å². The molecule has 0 aliphatic heterocycles. The number of hydrogen-bond donors (Lipinski definition) is 3. The van der Waals surface area contributed by atoms with Crippen LogP contribution >= 0.6 is 0 Å². The van der Waals surface area contributed by atoms with Crippen molar-refractivity contribution in [2.75, 3.05) is 18.4 Å². The molecule has 1 aromatic rings. The topological polar surface area (TPSA) is 81.7 Å². The van der Waals surface area contributed by atoms with E-state index in [1.165, 1.54) is 18.2 Å². The van der Waals surface area contributed by atoms with Crippen LogP contribution in [-0.2, 0) is 10.7 Å². The normalized spacial score (nSPS) is 22.2. The van der Waals surface area contributed by atoms with E-state index in [1.54, 1.807) is 6.07 Å². The first-order valence-electron chi connectivity index (χ1n) is 9.23. The van der Waals surface area contributed by atoms with Gasteiger partial charge >= 0.3 is 12.0 Å². The zero-order valence-corrected chi connectivity index (χ0v) is 15.3. The Labute approximate surface area is 156 Å². The maximum Gasteiger partial charge on any atom is 0.319 e. The fraction of sp³-hybridized carbons (Fsp3) is 0.579. The Morgan fingerprint density at radius 2 is 1.93 bits per heavy atom.